The molecule has 0 amide bonds. The number of halogens is 8. The van der Waals surface area contributed by atoms with E-state index in [4.69, 9.17) is 23.2 Å². The SMILES string of the molecule is O=c1nc(Nc2cccc(C(F)(F)F)c2)n(Cc2cccc(C(F)(F)F)c2)c(=O)n1Cc1ccc(Cl)c(Cl)c1. The average molecular weight is 589 g/mol. The molecule has 39 heavy (non-hydrogen) atoms. The summed E-state index contributed by atoms with van der Waals surface area (Å²) in [5.41, 5.74) is -3.75. The average Bonchev–Trinajstić information content (AvgIpc) is 2.85. The highest BCUT2D eigenvalue weighted by molar-refractivity contribution is 6.42. The Bertz CT molecular complexity index is 1650. The largest absolute Gasteiger partial charge is 0.416 e. The number of hydrogen-bond donors (Lipinski definition) is 1. The van der Waals surface area contributed by atoms with Gasteiger partial charge in [-0.3, -0.25) is 4.57 Å². The first kappa shape index (κ1) is 28.2. The monoisotopic (exact) mass is 588 g/mol. The summed E-state index contributed by atoms with van der Waals surface area (Å²) < 4.78 is 80.9. The lowest BCUT2D eigenvalue weighted by Gasteiger charge is -2.17. The number of nitrogens with zero attached hydrogens (tertiary/aromatic N) is 3. The molecule has 0 saturated heterocycles. The molecule has 0 atom stereocenters. The first-order chi connectivity index (χ1) is 18.2. The van der Waals surface area contributed by atoms with E-state index in [0.29, 0.717) is 10.1 Å². The van der Waals surface area contributed by atoms with Crippen molar-refractivity contribution in [2.75, 3.05) is 5.32 Å². The van der Waals surface area contributed by atoms with Crippen LogP contribution in [0.4, 0.5) is 38.0 Å². The fourth-order valence-electron chi connectivity index (χ4n) is 3.65. The van der Waals surface area contributed by atoms with Gasteiger partial charge in [-0.15, -0.1) is 0 Å². The summed E-state index contributed by atoms with van der Waals surface area (Å²) in [6.07, 6.45) is -9.34. The first-order valence-corrected chi connectivity index (χ1v) is 11.7. The highest BCUT2D eigenvalue weighted by Crippen LogP contribution is 2.32. The van der Waals surface area contributed by atoms with Crippen molar-refractivity contribution in [3.8, 4) is 0 Å². The van der Waals surface area contributed by atoms with Gasteiger partial charge in [0.05, 0.1) is 34.3 Å². The Morgan fingerprint density at radius 2 is 1.31 bits per heavy atom. The quantitative estimate of drug-likeness (QED) is 0.258. The van der Waals surface area contributed by atoms with Crippen molar-refractivity contribution in [1.82, 2.24) is 14.1 Å². The minimum Gasteiger partial charge on any atom is -0.325 e. The maximum Gasteiger partial charge on any atom is 0.416 e. The van der Waals surface area contributed by atoms with Crippen molar-refractivity contribution < 1.29 is 26.3 Å². The zero-order valence-electron chi connectivity index (χ0n) is 19.4. The molecule has 6 nitrogen and oxygen atoms in total. The Labute approximate surface area is 226 Å². The summed E-state index contributed by atoms with van der Waals surface area (Å²) in [5.74, 6) is -0.466. The Hall–Kier alpha value is -3.77. The van der Waals surface area contributed by atoms with E-state index in [-0.39, 0.29) is 27.8 Å². The van der Waals surface area contributed by atoms with Crippen LogP contribution in [-0.2, 0) is 25.4 Å². The van der Waals surface area contributed by atoms with Gasteiger partial charge in [-0.05, 0) is 53.6 Å². The fourth-order valence-corrected chi connectivity index (χ4v) is 3.97. The van der Waals surface area contributed by atoms with Gasteiger partial charge in [-0.1, -0.05) is 47.5 Å². The third kappa shape index (κ3) is 6.63. The van der Waals surface area contributed by atoms with Gasteiger partial charge in [0.1, 0.15) is 0 Å². The van der Waals surface area contributed by atoms with E-state index in [1.165, 1.54) is 30.3 Å². The van der Waals surface area contributed by atoms with Crippen molar-refractivity contribution in [3.63, 3.8) is 0 Å². The molecule has 0 radical (unpaired) electrons. The molecule has 0 saturated carbocycles. The van der Waals surface area contributed by atoms with Crippen molar-refractivity contribution in [2.45, 2.75) is 25.4 Å². The maximum atomic E-state index is 13.5. The Morgan fingerprint density at radius 3 is 1.95 bits per heavy atom. The predicted octanol–water partition coefficient (Wildman–Crippen LogP) is 6.59. The molecule has 204 valence electrons. The van der Waals surface area contributed by atoms with Gasteiger partial charge in [0.15, 0.2) is 0 Å². The minimum absolute atomic E-state index is 0.0283. The summed E-state index contributed by atoms with van der Waals surface area (Å²) in [7, 11) is 0. The van der Waals surface area contributed by atoms with Gasteiger partial charge in [-0.2, -0.15) is 31.3 Å². The molecule has 0 aliphatic rings. The van der Waals surface area contributed by atoms with Gasteiger partial charge in [0.2, 0.25) is 5.95 Å². The van der Waals surface area contributed by atoms with Crippen LogP contribution in [0.3, 0.4) is 0 Å². The van der Waals surface area contributed by atoms with E-state index in [0.717, 1.165) is 41.0 Å². The van der Waals surface area contributed by atoms with E-state index in [1.54, 1.807) is 0 Å². The Balaban J connectivity index is 1.82. The molecule has 0 fully saturated rings. The van der Waals surface area contributed by atoms with Crippen molar-refractivity contribution >= 4 is 34.8 Å². The lowest BCUT2D eigenvalue weighted by Crippen LogP contribution is -2.43. The summed E-state index contributed by atoms with van der Waals surface area (Å²) in [6, 6.07) is 12.4. The molecule has 0 aliphatic heterocycles. The van der Waals surface area contributed by atoms with Crippen LogP contribution in [0, 0.1) is 0 Å². The Kier molecular flexibility index (Phi) is 7.80. The maximum absolute atomic E-state index is 13.5. The van der Waals surface area contributed by atoms with Crippen molar-refractivity contribution in [3.05, 3.63) is 120 Å². The van der Waals surface area contributed by atoms with Crippen molar-refractivity contribution in [1.29, 1.82) is 0 Å². The molecular formula is C25H16Cl2F6N4O2. The van der Waals surface area contributed by atoms with Crippen LogP contribution in [0.2, 0.25) is 10.0 Å². The number of aromatic nitrogens is 3. The van der Waals surface area contributed by atoms with Gasteiger partial charge in [0.25, 0.3) is 0 Å². The number of hydrogen-bond acceptors (Lipinski definition) is 4. The van der Waals surface area contributed by atoms with E-state index in [1.807, 2.05) is 0 Å². The molecule has 0 aliphatic carbocycles. The zero-order valence-corrected chi connectivity index (χ0v) is 21.0. The second-order valence-corrected chi connectivity index (χ2v) is 9.14. The molecule has 4 aromatic rings. The lowest BCUT2D eigenvalue weighted by molar-refractivity contribution is -0.138. The van der Waals surface area contributed by atoms with Crippen LogP contribution in [-0.4, -0.2) is 14.1 Å². The van der Waals surface area contributed by atoms with Crippen LogP contribution < -0.4 is 16.7 Å². The molecule has 4 rings (SSSR count). The summed E-state index contributed by atoms with van der Waals surface area (Å²) in [6.45, 7) is -0.799. The topological polar surface area (TPSA) is 68.9 Å². The second-order valence-electron chi connectivity index (χ2n) is 8.32. The third-order valence-electron chi connectivity index (χ3n) is 5.52. The third-order valence-corrected chi connectivity index (χ3v) is 6.25. The zero-order chi connectivity index (χ0) is 28.5. The summed E-state index contributed by atoms with van der Waals surface area (Å²) in [5, 5.41) is 2.90. The normalized spacial score (nSPS) is 12.0. The first-order valence-electron chi connectivity index (χ1n) is 11.0. The number of nitrogens with one attached hydrogen (secondary N) is 1. The minimum atomic E-state index is -4.67. The standard InChI is InChI=1S/C25H16Cl2F6N4O2/c26-19-8-7-15(10-20(19)27)13-37-22(38)35-21(34-18-6-2-5-17(11-18)25(31,32)33)36(23(37)39)12-14-3-1-4-16(9-14)24(28,29)30/h1-11H,12-13H2,(H,34,35,38). The molecule has 0 bridgehead atoms. The molecule has 1 N–H and O–H groups in total. The number of rotatable bonds is 6. The van der Waals surface area contributed by atoms with Crippen LogP contribution in [0.1, 0.15) is 22.3 Å². The molecule has 1 heterocycles. The van der Waals surface area contributed by atoms with Gasteiger partial charge in [-0.25, -0.2) is 14.2 Å². The lowest BCUT2D eigenvalue weighted by atomic mass is 10.1. The molecule has 3 aromatic carbocycles. The number of benzene rings is 3. The van der Waals surface area contributed by atoms with Crippen LogP contribution in [0.15, 0.2) is 76.3 Å². The van der Waals surface area contributed by atoms with Crippen molar-refractivity contribution in [2.24, 2.45) is 0 Å². The van der Waals surface area contributed by atoms with Crippen LogP contribution >= 0.6 is 23.2 Å². The van der Waals surface area contributed by atoms with Gasteiger partial charge >= 0.3 is 23.7 Å². The van der Waals surface area contributed by atoms with E-state index in [9.17, 15) is 35.9 Å². The smallest absolute Gasteiger partial charge is 0.325 e. The fraction of sp³-hybridized carbons (Fsp3) is 0.160. The van der Waals surface area contributed by atoms with Crippen LogP contribution in [0.5, 0.6) is 0 Å². The molecule has 0 spiro atoms. The predicted molar refractivity (Wildman–Crippen MR) is 134 cm³/mol. The van der Waals surface area contributed by atoms with Crippen LogP contribution in [0.25, 0.3) is 0 Å². The summed E-state index contributed by atoms with van der Waals surface area (Å²) >= 11 is 11.9. The second kappa shape index (κ2) is 10.8. The molecular weight excluding hydrogens is 573 g/mol. The number of anilines is 2. The highest BCUT2D eigenvalue weighted by atomic mass is 35.5. The van der Waals surface area contributed by atoms with E-state index < -0.39 is 47.4 Å². The summed E-state index contributed by atoms with van der Waals surface area (Å²) in [4.78, 5) is 30.1. The van der Waals surface area contributed by atoms with E-state index >= 15 is 0 Å². The Morgan fingerprint density at radius 1 is 0.718 bits per heavy atom. The van der Waals surface area contributed by atoms with Gasteiger partial charge < -0.3 is 5.32 Å². The van der Waals surface area contributed by atoms with Gasteiger partial charge in [0, 0.05) is 5.69 Å². The molecule has 1 aromatic heterocycles. The molecule has 14 heteroatoms. The molecule has 0 unspecified atom stereocenters. The highest BCUT2D eigenvalue weighted by Gasteiger charge is 2.31. The number of alkyl halides is 6. The van der Waals surface area contributed by atoms with E-state index in [2.05, 4.69) is 10.3 Å².